The molecule has 4 aromatic rings. The molecule has 2 heterocycles. The molecule has 1 unspecified atom stereocenters. The van der Waals surface area contributed by atoms with Crippen molar-refractivity contribution in [3.8, 4) is 17.0 Å². The summed E-state index contributed by atoms with van der Waals surface area (Å²) >= 11 is 0. The second kappa shape index (κ2) is 16.5. The first-order chi connectivity index (χ1) is 22.9. The average Bonchev–Trinajstić information content (AvgIpc) is 3.06. The fraction of sp³-hybridized carbons (Fsp3) is 0.342. The van der Waals surface area contributed by atoms with E-state index >= 15 is 4.39 Å². The fourth-order valence-electron chi connectivity index (χ4n) is 5.47. The Morgan fingerprint density at radius 3 is 2.35 bits per heavy atom. The average molecular weight is 667 g/mol. The first kappa shape index (κ1) is 37.9. The van der Waals surface area contributed by atoms with Gasteiger partial charge >= 0.3 is 0 Å². The van der Waals surface area contributed by atoms with Gasteiger partial charge in [-0.05, 0) is 80.4 Å². The second-order valence-corrected chi connectivity index (χ2v) is 11.5. The molecule has 10 heteroatoms. The van der Waals surface area contributed by atoms with Gasteiger partial charge in [-0.15, -0.1) is 0 Å². The van der Waals surface area contributed by atoms with Crippen molar-refractivity contribution in [3.63, 3.8) is 0 Å². The Morgan fingerprint density at radius 2 is 1.75 bits per heavy atom. The van der Waals surface area contributed by atoms with Gasteiger partial charge in [-0.25, -0.2) is 18.2 Å². The molecule has 0 spiro atoms. The summed E-state index contributed by atoms with van der Waals surface area (Å²) in [6, 6.07) is 14.9. The zero-order valence-corrected chi connectivity index (χ0v) is 28.7. The van der Waals surface area contributed by atoms with Crippen LogP contribution >= 0.6 is 0 Å². The van der Waals surface area contributed by atoms with E-state index in [2.05, 4.69) is 21.8 Å². The molecule has 0 saturated heterocycles. The van der Waals surface area contributed by atoms with Crippen molar-refractivity contribution < 1.29 is 36.8 Å². The number of ether oxygens (including phenoxy) is 1. The Hall–Kier alpha value is -4.57. The number of nitrogens with zero attached hydrogens (tertiary/aromatic N) is 2. The van der Waals surface area contributed by atoms with E-state index in [1.807, 2.05) is 20.1 Å². The maximum absolute atomic E-state index is 15.9. The van der Waals surface area contributed by atoms with Crippen molar-refractivity contribution in [2.75, 3.05) is 27.4 Å². The summed E-state index contributed by atoms with van der Waals surface area (Å²) in [6.45, 7) is 11.4. The number of methoxy groups -OCH3 is 1. The fourth-order valence-corrected chi connectivity index (χ4v) is 5.47. The molecular weight excluding hydrogens is 622 g/mol. The van der Waals surface area contributed by atoms with E-state index in [0.29, 0.717) is 40.9 Å². The van der Waals surface area contributed by atoms with Gasteiger partial charge in [0, 0.05) is 35.6 Å². The van der Waals surface area contributed by atoms with Crippen LogP contribution in [0.2, 0.25) is 0 Å². The second-order valence-electron chi connectivity index (χ2n) is 11.5. The highest BCUT2D eigenvalue weighted by Crippen LogP contribution is 2.38. The summed E-state index contributed by atoms with van der Waals surface area (Å²) in [5.74, 6) is -2.21. The zero-order chi connectivity index (χ0) is 35.8. The molecule has 2 N–H and O–H groups in total. The summed E-state index contributed by atoms with van der Waals surface area (Å²) < 4.78 is 61.6. The minimum Gasteiger partial charge on any atom is -0.490 e. The van der Waals surface area contributed by atoms with Crippen molar-refractivity contribution in [1.29, 1.82) is 0 Å². The molecule has 0 aliphatic carbocycles. The first-order valence-corrected chi connectivity index (χ1v) is 15.9. The molecule has 6 nitrogen and oxygen atoms in total. The van der Waals surface area contributed by atoms with E-state index in [9.17, 15) is 23.1 Å². The number of pyridine rings is 1. The van der Waals surface area contributed by atoms with E-state index < -0.39 is 29.0 Å². The summed E-state index contributed by atoms with van der Waals surface area (Å²) in [5, 5.41) is 13.8. The third kappa shape index (κ3) is 8.28. The standard InChI is InChI=1S/C35H34F3N3O3.C2H6.CH3F/c1-6-12-41-19-24-14-23(16-30(44-5)33(24)41)34(42)39-18-26(21-8-7-9-25(36)15-21)29-17-27(35(3,4)43)31(38)32(40-29)22-10-11-28(37)20(2)13-22;2*1-2/h7-11,13-17,19,26,43H,6,12,18H2,1-5H3;1-2H3;1H3/p+1. The van der Waals surface area contributed by atoms with Gasteiger partial charge in [-0.2, -0.15) is 4.58 Å². The molecule has 1 amide bonds. The zero-order valence-electron chi connectivity index (χ0n) is 28.7. The van der Waals surface area contributed by atoms with E-state index in [0.717, 1.165) is 24.2 Å². The lowest BCUT2D eigenvalue weighted by atomic mass is 9.89. The lowest BCUT2D eigenvalue weighted by Gasteiger charge is -2.25. The number of benzene rings is 3. The molecule has 256 valence electrons. The van der Waals surface area contributed by atoms with Crippen LogP contribution in [0.5, 0.6) is 5.75 Å². The largest absolute Gasteiger partial charge is 0.490 e. The Balaban J connectivity index is 0.00000151. The van der Waals surface area contributed by atoms with Crippen molar-refractivity contribution in [1.82, 2.24) is 10.3 Å². The Bertz CT molecular complexity index is 1780. The molecule has 5 rings (SSSR count). The van der Waals surface area contributed by atoms with Gasteiger partial charge in [0.15, 0.2) is 17.8 Å². The maximum Gasteiger partial charge on any atom is 0.261 e. The SMILES string of the molecule is CC.CCC[N+]1=Cc2cc(C(=O)NCC(c3cccc(F)c3)c3cc(C(C)(C)O)c(F)c(-c4ccc(F)c(C)c4)n3)cc(OC)c21.CF. The molecule has 0 radical (unpaired) electrons. The lowest BCUT2D eigenvalue weighted by Crippen LogP contribution is -2.30. The van der Waals surface area contributed by atoms with Gasteiger partial charge in [0.2, 0.25) is 0 Å². The number of carbonyl (C=O) groups excluding carboxylic acids is 1. The highest BCUT2D eigenvalue weighted by molar-refractivity contribution is 6.00. The molecule has 48 heavy (non-hydrogen) atoms. The highest BCUT2D eigenvalue weighted by Gasteiger charge is 2.32. The van der Waals surface area contributed by atoms with Crippen molar-refractivity contribution in [2.45, 2.75) is 59.5 Å². The summed E-state index contributed by atoms with van der Waals surface area (Å²) in [5.41, 5.74) is 1.89. The minimum absolute atomic E-state index is 0.0147. The number of aryl methyl sites for hydroxylation is 1. The normalized spacial score (nSPS) is 12.2. The van der Waals surface area contributed by atoms with E-state index in [4.69, 9.17) is 4.74 Å². The molecule has 1 aromatic heterocycles. The summed E-state index contributed by atoms with van der Waals surface area (Å²) in [7, 11) is 2.06. The number of halogens is 4. The number of amides is 1. The number of aromatic nitrogens is 1. The number of hydrogen-bond donors (Lipinski definition) is 2. The van der Waals surface area contributed by atoms with E-state index in [1.54, 1.807) is 38.3 Å². The van der Waals surface area contributed by atoms with Crippen LogP contribution in [0.15, 0.2) is 60.7 Å². The van der Waals surface area contributed by atoms with Crippen molar-refractivity contribution in [2.24, 2.45) is 0 Å². The third-order valence-corrected chi connectivity index (χ3v) is 7.78. The molecule has 1 atom stereocenters. The smallest absolute Gasteiger partial charge is 0.261 e. The molecule has 1 aliphatic heterocycles. The monoisotopic (exact) mass is 666 g/mol. The first-order valence-electron chi connectivity index (χ1n) is 15.9. The molecule has 0 fully saturated rings. The van der Waals surface area contributed by atoms with Gasteiger partial charge in [-0.3, -0.25) is 9.18 Å². The molecular formula is C38H44F4N3O3+. The molecule has 1 aliphatic rings. The minimum atomic E-state index is -1.61. The van der Waals surface area contributed by atoms with Gasteiger partial charge in [0.1, 0.15) is 29.4 Å². The molecule has 0 bridgehead atoms. The van der Waals surface area contributed by atoms with Gasteiger partial charge in [-0.1, -0.05) is 32.9 Å². The summed E-state index contributed by atoms with van der Waals surface area (Å²) in [4.78, 5) is 18.1. The topological polar surface area (TPSA) is 74.5 Å². The van der Waals surface area contributed by atoms with Crippen LogP contribution in [0.3, 0.4) is 0 Å². The number of carbonyl (C=O) groups is 1. The van der Waals surface area contributed by atoms with Crippen LogP contribution in [0.1, 0.15) is 85.3 Å². The van der Waals surface area contributed by atoms with E-state index in [-0.39, 0.29) is 23.7 Å². The van der Waals surface area contributed by atoms with Crippen molar-refractivity contribution >= 4 is 17.8 Å². The Morgan fingerprint density at radius 1 is 1.04 bits per heavy atom. The number of hydrogen-bond acceptors (Lipinski definition) is 4. The maximum atomic E-state index is 15.9. The Labute approximate surface area is 280 Å². The number of rotatable bonds is 10. The molecule has 3 aromatic carbocycles. The highest BCUT2D eigenvalue weighted by atomic mass is 19.1. The quantitative estimate of drug-likeness (QED) is 0.132. The summed E-state index contributed by atoms with van der Waals surface area (Å²) in [6.07, 6.45) is 2.92. The predicted octanol–water partition coefficient (Wildman–Crippen LogP) is 8.37. The Kier molecular flexibility index (Phi) is 13.0. The number of fused-ring (bicyclic) bond motifs is 1. The number of nitrogens with one attached hydrogen (secondary N) is 1. The van der Waals surface area contributed by atoms with Crippen LogP contribution in [0.4, 0.5) is 23.2 Å². The van der Waals surface area contributed by atoms with Gasteiger partial charge < -0.3 is 15.2 Å². The lowest BCUT2D eigenvalue weighted by molar-refractivity contribution is -0.447. The van der Waals surface area contributed by atoms with Crippen LogP contribution < -0.4 is 10.1 Å². The van der Waals surface area contributed by atoms with Crippen LogP contribution in [-0.2, 0) is 5.60 Å². The van der Waals surface area contributed by atoms with Crippen LogP contribution in [0.25, 0.3) is 11.3 Å². The predicted molar refractivity (Wildman–Crippen MR) is 182 cm³/mol. The van der Waals surface area contributed by atoms with Gasteiger partial charge in [0.25, 0.3) is 11.6 Å². The van der Waals surface area contributed by atoms with Crippen molar-refractivity contribution in [3.05, 3.63) is 112 Å². The van der Waals surface area contributed by atoms with Crippen LogP contribution in [0, 0.1) is 24.4 Å². The number of alkyl halides is 1. The van der Waals surface area contributed by atoms with Gasteiger partial charge in [0.05, 0.1) is 25.6 Å². The van der Waals surface area contributed by atoms with Crippen LogP contribution in [-0.4, -0.2) is 54.2 Å². The number of aliphatic hydroxyl groups is 1. The molecule has 0 saturated carbocycles. The third-order valence-electron chi connectivity index (χ3n) is 7.78. The van der Waals surface area contributed by atoms with E-state index in [1.165, 1.54) is 50.2 Å².